The highest BCUT2D eigenvalue weighted by atomic mass is 16.6. The number of nitrogens with zero attached hydrogens (tertiary/aromatic N) is 4. The molecule has 366 valence electrons. The lowest BCUT2D eigenvalue weighted by Gasteiger charge is -2.26. The van der Waals surface area contributed by atoms with Gasteiger partial charge in [-0.05, 0) is 72.9 Å². The Morgan fingerprint density at radius 3 is 1.17 bits per heavy atom. The molecule has 0 unspecified atom stereocenters. The molecule has 4 saturated heterocycles. The second-order valence-corrected chi connectivity index (χ2v) is 17.1. The summed E-state index contributed by atoms with van der Waals surface area (Å²) in [6, 6.07) is 10.5. The Balaban J connectivity index is 1.07. The lowest BCUT2D eigenvalue weighted by molar-refractivity contribution is -0.0123. The van der Waals surface area contributed by atoms with Gasteiger partial charge in [0, 0.05) is 105 Å². The predicted molar refractivity (Wildman–Crippen MR) is 243 cm³/mol. The Bertz CT molecular complexity index is 1690. The van der Waals surface area contributed by atoms with Gasteiger partial charge >= 0.3 is 24.4 Å². The molecule has 0 saturated carbocycles. The monoisotopic (exact) mass is 927 g/mol. The van der Waals surface area contributed by atoms with Gasteiger partial charge in [-0.3, -0.25) is 19.6 Å². The average Bonchev–Trinajstić information content (AvgIpc) is 3.32. The number of rotatable bonds is 21. The van der Waals surface area contributed by atoms with Crippen molar-refractivity contribution in [2.75, 3.05) is 145 Å². The molecule has 0 spiro atoms. The van der Waals surface area contributed by atoms with Crippen LogP contribution in [-0.2, 0) is 31.8 Å². The number of amides is 4. The Kier molecular flexibility index (Phi) is 21.3. The molecule has 0 radical (unpaired) electrons. The lowest BCUT2D eigenvalue weighted by Crippen LogP contribution is -2.41. The summed E-state index contributed by atoms with van der Waals surface area (Å²) in [5.41, 5.74) is 1.76. The Morgan fingerprint density at radius 2 is 0.818 bits per heavy atom. The Hall–Kier alpha value is -4.80. The van der Waals surface area contributed by atoms with Crippen LogP contribution >= 0.6 is 0 Å². The molecular weight excluding hydrogens is 857 g/mol. The highest BCUT2D eigenvalue weighted by Crippen LogP contribution is 2.33. The van der Waals surface area contributed by atoms with Crippen molar-refractivity contribution < 1.29 is 57.1 Å². The van der Waals surface area contributed by atoms with Crippen LogP contribution in [0.15, 0.2) is 36.4 Å². The first-order valence-electron chi connectivity index (χ1n) is 23.5. The van der Waals surface area contributed by atoms with E-state index < -0.39 is 24.4 Å². The van der Waals surface area contributed by atoms with Crippen LogP contribution in [0.1, 0.15) is 37.8 Å². The molecule has 20 nitrogen and oxygen atoms in total. The van der Waals surface area contributed by atoms with E-state index in [1.165, 1.54) is 0 Å². The molecule has 0 aliphatic carbocycles. The van der Waals surface area contributed by atoms with E-state index in [0.29, 0.717) is 105 Å². The van der Waals surface area contributed by atoms with Gasteiger partial charge in [0.2, 0.25) is 0 Å². The third-order valence-corrected chi connectivity index (χ3v) is 12.0. The fraction of sp³-hybridized carbons (Fsp3) is 0.652. The highest BCUT2D eigenvalue weighted by molar-refractivity contribution is 5.75. The van der Waals surface area contributed by atoms with Gasteiger partial charge in [0.05, 0.1) is 39.9 Å². The Morgan fingerprint density at radius 1 is 0.470 bits per heavy atom. The van der Waals surface area contributed by atoms with Crippen LogP contribution in [0.2, 0.25) is 0 Å². The summed E-state index contributed by atoms with van der Waals surface area (Å²) in [5.74, 6) is 0.725. The van der Waals surface area contributed by atoms with Crippen molar-refractivity contribution in [2.24, 2.45) is 11.8 Å². The van der Waals surface area contributed by atoms with E-state index in [-0.39, 0.29) is 34.8 Å². The summed E-state index contributed by atoms with van der Waals surface area (Å²) in [5, 5.41) is 11.2. The van der Waals surface area contributed by atoms with E-state index in [1.807, 2.05) is 12.1 Å². The first-order chi connectivity index (χ1) is 32.2. The topological polar surface area (TPSA) is 203 Å². The summed E-state index contributed by atoms with van der Waals surface area (Å²) in [4.78, 5) is 60.5. The van der Waals surface area contributed by atoms with E-state index in [0.717, 1.165) is 76.5 Å². The molecule has 4 heterocycles. The van der Waals surface area contributed by atoms with Gasteiger partial charge in [-0.25, -0.2) is 19.2 Å². The number of morpholine rings is 2. The number of carbonyl (C=O) groups is 4. The lowest BCUT2D eigenvalue weighted by atomic mass is 9.85. The van der Waals surface area contributed by atoms with E-state index >= 15 is 0 Å². The first kappa shape index (κ1) is 50.6. The maximum atomic E-state index is 13.1. The molecule has 2 aromatic rings. The molecule has 4 N–H and O–H groups in total. The number of hydrogen-bond donors (Lipinski definition) is 4. The third kappa shape index (κ3) is 18.1. The van der Waals surface area contributed by atoms with Gasteiger partial charge in [-0.1, -0.05) is 26.0 Å². The Labute approximate surface area is 388 Å². The standard InChI is InChI=1S/C46H70N8O12/c1-35(29-37-6-8-40(64-44(56)49-11-17-53-13-3-23-61-33-53)41(31-37)65-45(57)48-10-16-52-21-27-60-28-22-52)36(2)30-38-5-7-39(63-43(55)47-9-15-51-19-25-59-26-20-51)42(32-38)66-46(58)50-12-18-54-14-4-24-62-34-54/h5-8,31-32,35-36H,3-4,9-30,33-34H2,1-2H3,(H,47,55)(H,48,57)(H,49,56)(H,50,58)/t35-,36+/m0/s1. The fourth-order valence-electron chi connectivity index (χ4n) is 7.94. The quantitative estimate of drug-likeness (QED) is 0.142. The molecular formula is C46H70N8O12. The van der Waals surface area contributed by atoms with Crippen LogP contribution in [0.3, 0.4) is 0 Å². The van der Waals surface area contributed by atoms with Crippen LogP contribution in [0.25, 0.3) is 0 Å². The molecule has 4 aliphatic heterocycles. The number of nitrogens with one attached hydrogen (secondary N) is 4. The summed E-state index contributed by atoms with van der Waals surface area (Å²) >= 11 is 0. The zero-order valence-corrected chi connectivity index (χ0v) is 38.7. The summed E-state index contributed by atoms with van der Waals surface area (Å²) < 4.78 is 44.7. The summed E-state index contributed by atoms with van der Waals surface area (Å²) in [6.07, 6.45) is 0.475. The minimum absolute atomic E-state index is 0.117. The van der Waals surface area contributed by atoms with Crippen LogP contribution < -0.4 is 40.2 Å². The molecule has 0 aromatic heterocycles. The SMILES string of the molecule is C[C@H](Cc1ccc(OC(=O)NCCN2CCOCC2)c(OC(=O)NCCN2CCCOC2)c1)[C@@H](C)Cc1ccc(OC(=O)NCCN2CCCOC2)c(OC(=O)NCCN2CCOCC2)c1. The molecule has 4 fully saturated rings. The number of carbonyl (C=O) groups excluding carboxylic acids is 4. The van der Waals surface area contributed by atoms with Crippen molar-refractivity contribution in [1.29, 1.82) is 0 Å². The van der Waals surface area contributed by atoms with E-state index in [2.05, 4.69) is 54.7 Å². The predicted octanol–water partition coefficient (Wildman–Crippen LogP) is 3.12. The van der Waals surface area contributed by atoms with E-state index in [1.54, 1.807) is 24.3 Å². The molecule has 2 atom stereocenters. The third-order valence-electron chi connectivity index (χ3n) is 12.0. The molecule has 4 amide bonds. The first-order valence-corrected chi connectivity index (χ1v) is 23.5. The molecule has 0 bridgehead atoms. The van der Waals surface area contributed by atoms with Crippen LogP contribution in [0.5, 0.6) is 23.0 Å². The highest BCUT2D eigenvalue weighted by Gasteiger charge is 2.22. The largest absolute Gasteiger partial charge is 0.412 e. The van der Waals surface area contributed by atoms with E-state index in [9.17, 15) is 19.2 Å². The zero-order valence-electron chi connectivity index (χ0n) is 38.7. The van der Waals surface area contributed by atoms with E-state index in [4.69, 9.17) is 37.9 Å². The summed E-state index contributed by atoms with van der Waals surface area (Å²) in [7, 11) is 0. The number of hydrogen-bond acceptors (Lipinski definition) is 16. The van der Waals surface area contributed by atoms with Crippen molar-refractivity contribution in [3.8, 4) is 23.0 Å². The van der Waals surface area contributed by atoms with Crippen molar-refractivity contribution in [3.63, 3.8) is 0 Å². The van der Waals surface area contributed by atoms with Crippen LogP contribution in [0.4, 0.5) is 19.2 Å². The number of benzene rings is 2. The zero-order chi connectivity index (χ0) is 46.4. The second-order valence-electron chi connectivity index (χ2n) is 17.1. The maximum absolute atomic E-state index is 13.1. The normalized spacial score (nSPS) is 18.6. The molecule has 66 heavy (non-hydrogen) atoms. The van der Waals surface area contributed by atoms with Gasteiger partial charge in [-0.2, -0.15) is 0 Å². The second kappa shape index (κ2) is 27.7. The average molecular weight is 927 g/mol. The molecule has 20 heteroatoms. The summed E-state index contributed by atoms with van der Waals surface area (Å²) in [6.45, 7) is 18.4. The van der Waals surface area contributed by atoms with Gasteiger partial charge in [0.1, 0.15) is 0 Å². The van der Waals surface area contributed by atoms with Gasteiger partial charge in [0.25, 0.3) is 0 Å². The fourth-order valence-corrected chi connectivity index (χ4v) is 7.94. The molecule has 6 rings (SSSR count). The van der Waals surface area contributed by atoms with Crippen molar-refractivity contribution in [2.45, 2.75) is 39.5 Å². The minimum atomic E-state index is -0.662. The van der Waals surface area contributed by atoms with Crippen molar-refractivity contribution >= 4 is 24.4 Å². The van der Waals surface area contributed by atoms with Crippen LogP contribution in [-0.4, -0.2) is 189 Å². The van der Waals surface area contributed by atoms with Crippen LogP contribution in [0, 0.1) is 11.8 Å². The maximum Gasteiger partial charge on any atom is 0.412 e. The van der Waals surface area contributed by atoms with Gasteiger partial charge in [-0.15, -0.1) is 0 Å². The van der Waals surface area contributed by atoms with Gasteiger partial charge in [0.15, 0.2) is 23.0 Å². The van der Waals surface area contributed by atoms with Crippen molar-refractivity contribution in [1.82, 2.24) is 40.9 Å². The smallest absolute Gasteiger partial charge is 0.406 e. The number of ether oxygens (including phenoxy) is 8. The molecule has 2 aromatic carbocycles. The van der Waals surface area contributed by atoms with Gasteiger partial charge < -0.3 is 59.2 Å². The minimum Gasteiger partial charge on any atom is -0.406 e. The molecule has 4 aliphatic rings. The van der Waals surface area contributed by atoms with Crippen molar-refractivity contribution in [3.05, 3.63) is 47.5 Å².